The summed E-state index contributed by atoms with van der Waals surface area (Å²) in [7, 11) is 0. The molecular weight excluding hydrogens is 825 g/mol. The second-order valence-corrected chi connectivity index (χ2v) is 20.1. The molecule has 0 spiro atoms. The summed E-state index contributed by atoms with van der Waals surface area (Å²) >= 11 is 0. The Kier molecular flexibility index (Phi) is 8.18. The predicted octanol–water partition coefficient (Wildman–Crippen LogP) is 14.2. The monoisotopic (exact) mass is 872 g/mol. The predicted molar refractivity (Wildman–Crippen MR) is 281 cm³/mol. The molecule has 8 aromatic carbocycles. The number of fused-ring (bicyclic) bond motifs is 12. The fourth-order valence-electron chi connectivity index (χ4n) is 12.2. The van der Waals surface area contributed by atoms with Crippen LogP contribution in [0.4, 0.5) is 0 Å². The van der Waals surface area contributed by atoms with Crippen LogP contribution in [0.2, 0.25) is 0 Å². The molecule has 3 aliphatic carbocycles. The molecule has 3 aliphatic rings. The van der Waals surface area contributed by atoms with Crippen LogP contribution in [0.15, 0.2) is 188 Å². The average molecular weight is 873 g/mol. The number of benzene rings is 8. The van der Waals surface area contributed by atoms with Gasteiger partial charge in [-0.2, -0.15) is 0 Å². The maximum atomic E-state index is 5.42. The van der Waals surface area contributed by atoms with Gasteiger partial charge in [0.25, 0.3) is 0 Å². The maximum Gasteiger partial charge on any atom is 0.235 e. The van der Waals surface area contributed by atoms with Crippen molar-refractivity contribution in [2.45, 2.75) is 50.9 Å². The number of hydrogen-bond acceptors (Lipinski definition) is 2. The molecule has 3 aromatic heterocycles. The fourth-order valence-corrected chi connectivity index (χ4v) is 12.2. The van der Waals surface area contributed by atoms with E-state index in [2.05, 4.69) is 237 Å². The molecule has 4 heteroatoms. The summed E-state index contributed by atoms with van der Waals surface area (Å²) < 4.78 is 4.83. The van der Waals surface area contributed by atoms with Gasteiger partial charge >= 0.3 is 0 Å². The molecule has 0 aliphatic heterocycles. The van der Waals surface area contributed by atoms with E-state index in [-0.39, 0.29) is 16.7 Å². The second kappa shape index (κ2) is 14.2. The first-order valence-corrected chi connectivity index (χ1v) is 24.0. The van der Waals surface area contributed by atoms with Gasteiger partial charge in [-0.3, -0.25) is 4.57 Å². The first-order chi connectivity index (χ1) is 33.2. The minimum atomic E-state index is -0.171. The van der Waals surface area contributed by atoms with Gasteiger partial charge in [0.05, 0.1) is 27.9 Å². The molecular formula is C64H48N4. The van der Waals surface area contributed by atoms with Gasteiger partial charge in [-0.05, 0) is 111 Å². The Hall–Kier alpha value is -8.08. The number of hydrogen-bond donors (Lipinski definition) is 0. The van der Waals surface area contributed by atoms with E-state index < -0.39 is 0 Å². The van der Waals surface area contributed by atoms with Crippen molar-refractivity contribution in [2.24, 2.45) is 0 Å². The van der Waals surface area contributed by atoms with E-state index in [1.807, 2.05) is 0 Å². The standard InChI is InChI=1S/C64H48N4/c1-63(2)52-26-16-14-24-44(52)46-34-50-48-32-41(28-30-58(48)67(60(50)36-54(46)63)43-22-12-7-13-23-43)42-29-31-59-49(33-42)51-35-47-45-25-15-17-27-53(45)64(3,4)55(47)37-61(51)68(59)62-65-56(39-18-8-5-9-19-39)38-57(66-62)40-20-10-6-11-21-40/h5-27,29-38,41H,28H2,1-4H3. The molecule has 0 saturated carbocycles. The average Bonchev–Trinajstić information content (AvgIpc) is 4.03. The lowest BCUT2D eigenvalue weighted by Crippen LogP contribution is -2.31. The Morgan fingerprint density at radius 1 is 0.441 bits per heavy atom. The van der Waals surface area contributed by atoms with E-state index in [1.165, 1.54) is 88.0 Å². The zero-order chi connectivity index (χ0) is 45.5. The third-order valence-corrected chi connectivity index (χ3v) is 15.7. The zero-order valence-electron chi connectivity index (χ0n) is 38.6. The number of nitrogens with zero attached hydrogens (tertiary/aromatic N) is 4. The Morgan fingerprint density at radius 2 is 0.956 bits per heavy atom. The molecule has 14 rings (SSSR count). The van der Waals surface area contributed by atoms with Gasteiger partial charge in [0.15, 0.2) is 0 Å². The molecule has 1 atom stereocenters. The van der Waals surface area contributed by atoms with Gasteiger partial charge in [-0.1, -0.05) is 173 Å². The Balaban J connectivity index is 1.01. The van der Waals surface area contributed by atoms with Crippen LogP contribution in [-0.4, -0.2) is 19.1 Å². The van der Waals surface area contributed by atoms with E-state index in [9.17, 15) is 0 Å². The van der Waals surface area contributed by atoms with Crippen molar-refractivity contribution in [2.75, 3.05) is 0 Å². The molecule has 0 N–H and O–H groups in total. The van der Waals surface area contributed by atoms with Crippen molar-refractivity contribution in [3.8, 4) is 56.4 Å². The van der Waals surface area contributed by atoms with Gasteiger partial charge < -0.3 is 4.57 Å². The summed E-state index contributed by atoms with van der Waals surface area (Å²) in [5.41, 5.74) is 20.4. The smallest absolute Gasteiger partial charge is 0.235 e. The summed E-state index contributed by atoms with van der Waals surface area (Å²) in [6, 6.07) is 69.0. The highest BCUT2D eigenvalue weighted by atomic mass is 15.2. The zero-order valence-corrected chi connectivity index (χ0v) is 38.6. The van der Waals surface area contributed by atoms with Crippen molar-refractivity contribution >= 4 is 44.9 Å². The van der Waals surface area contributed by atoms with Gasteiger partial charge in [0, 0.05) is 60.3 Å². The molecule has 4 nitrogen and oxygen atoms in total. The van der Waals surface area contributed by atoms with Crippen LogP contribution in [0, 0.1) is 0 Å². The SMILES string of the molecule is CC1(C)c2ccccc2-c2cc3c4c(n(-c5ccccc5)c3cc21)=CCC(c1ccc2c(c1)c1cc3c(cc1n2-c1nc(-c2ccccc2)cc(-c2ccccc2)n1)C(C)(C)c1ccccc1-3)C=4. The van der Waals surface area contributed by atoms with Crippen molar-refractivity contribution in [3.05, 3.63) is 226 Å². The Labute approximate surface area is 395 Å². The van der Waals surface area contributed by atoms with Crippen LogP contribution in [0.1, 0.15) is 67.9 Å². The highest BCUT2D eigenvalue weighted by Gasteiger charge is 2.38. The lowest BCUT2D eigenvalue weighted by molar-refractivity contribution is 0.660. The van der Waals surface area contributed by atoms with Gasteiger partial charge in [0.2, 0.25) is 5.95 Å². The molecule has 0 amide bonds. The largest absolute Gasteiger partial charge is 0.310 e. The second-order valence-electron chi connectivity index (χ2n) is 20.1. The first kappa shape index (κ1) is 39.1. The van der Waals surface area contributed by atoms with Gasteiger partial charge in [-0.15, -0.1) is 0 Å². The van der Waals surface area contributed by atoms with E-state index >= 15 is 0 Å². The molecule has 0 radical (unpaired) electrons. The summed E-state index contributed by atoms with van der Waals surface area (Å²) in [5.74, 6) is 0.841. The van der Waals surface area contributed by atoms with Crippen molar-refractivity contribution in [3.63, 3.8) is 0 Å². The summed E-state index contributed by atoms with van der Waals surface area (Å²) in [6.07, 6.45) is 5.95. The van der Waals surface area contributed by atoms with Crippen LogP contribution >= 0.6 is 0 Å². The topological polar surface area (TPSA) is 35.6 Å². The molecule has 0 fully saturated rings. The summed E-state index contributed by atoms with van der Waals surface area (Å²) in [4.78, 5) is 10.8. The normalized spacial score (nSPS) is 15.9. The highest BCUT2D eigenvalue weighted by molar-refractivity contribution is 6.12. The first-order valence-electron chi connectivity index (χ1n) is 24.0. The van der Waals surface area contributed by atoms with Crippen LogP contribution in [0.3, 0.4) is 0 Å². The molecule has 11 aromatic rings. The molecule has 68 heavy (non-hydrogen) atoms. The van der Waals surface area contributed by atoms with Crippen molar-refractivity contribution in [1.29, 1.82) is 0 Å². The van der Waals surface area contributed by atoms with E-state index in [0.29, 0.717) is 5.95 Å². The van der Waals surface area contributed by atoms with E-state index in [4.69, 9.17) is 9.97 Å². The van der Waals surface area contributed by atoms with Crippen LogP contribution in [-0.2, 0) is 10.8 Å². The lowest BCUT2D eigenvalue weighted by atomic mass is 9.82. The molecule has 1 unspecified atom stereocenters. The van der Waals surface area contributed by atoms with Crippen LogP contribution < -0.4 is 10.6 Å². The third kappa shape index (κ3) is 5.55. The van der Waals surface area contributed by atoms with E-state index in [0.717, 1.165) is 40.0 Å². The molecule has 3 heterocycles. The Bertz CT molecular complexity index is 3980. The van der Waals surface area contributed by atoms with Gasteiger partial charge in [0.1, 0.15) is 0 Å². The number of rotatable bonds is 5. The van der Waals surface area contributed by atoms with Crippen LogP contribution in [0.5, 0.6) is 0 Å². The number of para-hydroxylation sites is 1. The van der Waals surface area contributed by atoms with Gasteiger partial charge in [-0.25, -0.2) is 9.97 Å². The molecule has 0 saturated heterocycles. The minimum Gasteiger partial charge on any atom is -0.310 e. The van der Waals surface area contributed by atoms with Crippen molar-refractivity contribution < 1.29 is 0 Å². The van der Waals surface area contributed by atoms with E-state index in [1.54, 1.807) is 0 Å². The molecule has 324 valence electrons. The van der Waals surface area contributed by atoms with Crippen LogP contribution in [0.25, 0.3) is 101 Å². The minimum absolute atomic E-state index is 0.0913. The lowest BCUT2D eigenvalue weighted by Gasteiger charge is -2.21. The molecule has 0 bridgehead atoms. The summed E-state index contributed by atoms with van der Waals surface area (Å²) in [5, 5.41) is 6.30. The quantitative estimate of drug-likeness (QED) is 0.173. The maximum absolute atomic E-state index is 5.42. The Morgan fingerprint density at radius 3 is 1.56 bits per heavy atom. The summed E-state index contributed by atoms with van der Waals surface area (Å²) in [6.45, 7) is 9.48. The highest BCUT2D eigenvalue weighted by Crippen LogP contribution is 2.52. The third-order valence-electron chi connectivity index (χ3n) is 15.7. The fraction of sp³-hybridized carbons (Fsp3) is 0.125. The van der Waals surface area contributed by atoms with Crippen molar-refractivity contribution in [1.82, 2.24) is 19.1 Å². The number of aromatic nitrogens is 4.